The van der Waals surface area contributed by atoms with E-state index in [2.05, 4.69) is 22.5 Å². The standard InChI is InChI=1S/C9H11BrN2O3/c1-3-15-6-11-5-4-8(13)12(7(2)10)9(11)14/h4-5H,2-3,6H2,1H3. The van der Waals surface area contributed by atoms with Gasteiger partial charge in [0.25, 0.3) is 5.56 Å². The van der Waals surface area contributed by atoms with Crippen LogP contribution in [0, 0.1) is 0 Å². The topological polar surface area (TPSA) is 53.2 Å². The first-order valence-corrected chi connectivity index (χ1v) is 5.12. The Labute approximate surface area is 94.7 Å². The second-order valence-corrected chi connectivity index (χ2v) is 3.66. The van der Waals surface area contributed by atoms with Crippen molar-refractivity contribution in [2.75, 3.05) is 6.61 Å². The van der Waals surface area contributed by atoms with Gasteiger partial charge in [-0.2, -0.15) is 0 Å². The van der Waals surface area contributed by atoms with Gasteiger partial charge in [0.05, 0.1) is 4.61 Å². The van der Waals surface area contributed by atoms with Crippen LogP contribution in [0.1, 0.15) is 6.92 Å². The van der Waals surface area contributed by atoms with Crippen LogP contribution < -0.4 is 11.2 Å². The van der Waals surface area contributed by atoms with Gasteiger partial charge in [-0.25, -0.2) is 9.36 Å². The number of ether oxygens (including phenoxy) is 1. The Hall–Kier alpha value is -1.14. The van der Waals surface area contributed by atoms with Gasteiger partial charge >= 0.3 is 5.69 Å². The van der Waals surface area contributed by atoms with Crippen molar-refractivity contribution in [3.8, 4) is 0 Å². The first-order chi connectivity index (χ1) is 7.07. The van der Waals surface area contributed by atoms with Gasteiger partial charge in [-0.15, -0.1) is 0 Å². The zero-order valence-electron chi connectivity index (χ0n) is 8.27. The lowest BCUT2D eigenvalue weighted by Gasteiger charge is -2.07. The number of aromatic nitrogens is 2. The number of nitrogens with zero attached hydrogens (tertiary/aromatic N) is 2. The van der Waals surface area contributed by atoms with E-state index >= 15 is 0 Å². The van der Waals surface area contributed by atoms with E-state index in [4.69, 9.17) is 4.74 Å². The first kappa shape index (κ1) is 11.9. The normalized spacial score (nSPS) is 10.3. The summed E-state index contributed by atoms with van der Waals surface area (Å²) in [5.74, 6) is 0. The van der Waals surface area contributed by atoms with Crippen LogP contribution in [0.15, 0.2) is 28.4 Å². The summed E-state index contributed by atoms with van der Waals surface area (Å²) in [4.78, 5) is 23.0. The molecule has 0 unspecified atom stereocenters. The highest BCUT2D eigenvalue weighted by Gasteiger charge is 2.05. The monoisotopic (exact) mass is 274 g/mol. The molecule has 6 heteroatoms. The van der Waals surface area contributed by atoms with Crippen molar-refractivity contribution < 1.29 is 4.74 Å². The predicted octanol–water partition coefficient (Wildman–Crippen LogP) is 0.827. The van der Waals surface area contributed by atoms with Crippen molar-refractivity contribution in [2.24, 2.45) is 0 Å². The van der Waals surface area contributed by atoms with Crippen LogP contribution >= 0.6 is 15.9 Å². The average Bonchev–Trinajstić information content (AvgIpc) is 2.16. The number of halogens is 1. The van der Waals surface area contributed by atoms with E-state index < -0.39 is 11.2 Å². The Balaban J connectivity index is 3.23. The fraction of sp³-hybridized carbons (Fsp3) is 0.333. The van der Waals surface area contributed by atoms with Crippen LogP contribution in [-0.2, 0) is 11.5 Å². The molecule has 0 spiro atoms. The summed E-state index contributed by atoms with van der Waals surface area (Å²) in [6.45, 7) is 5.94. The third kappa shape index (κ3) is 2.66. The molecule has 5 nitrogen and oxygen atoms in total. The summed E-state index contributed by atoms with van der Waals surface area (Å²) < 4.78 is 7.51. The van der Waals surface area contributed by atoms with Crippen LogP contribution in [0.4, 0.5) is 0 Å². The fourth-order valence-electron chi connectivity index (χ4n) is 1.03. The quantitative estimate of drug-likeness (QED) is 0.817. The fourth-order valence-corrected chi connectivity index (χ4v) is 1.35. The molecule has 0 aliphatic rings. The average molecular weight is 275 g/mol. The summed E-state index contributed by atoms with van der Waals surface area (Å²) in [7, 11) is 0. The van der Waals surface area contributed by atoms with E-state index in [-0.39, 0.29) is 11.3 Å². The van der Waals surface area contributed by atoms with Crippen LogP contribution in [0.5, 0.6) is 0 Å². The lowest BCUT2D eigenvalue weighted by molar-refractivity contribution is 0.0838. The summed E-state index contributed by atoms with van der Waals surface area (Å²) in [6, 6.07) is 1.28. The minimum atomic E-state index is -0.474. The molecule has 1 heterocycles. The summed E-state index contributed by atoms with van der Waals surface area (Å²) in [5, 5.41) is 0. The van der Waals surface area contributed by atoms with Gasteiger partial charge < -0.3 is 4.74 Å². The molecule has 0 radical (unpaired) electrons. The molecule has 0 aliphatic carbocycles. The van der Waals surface area contributed by atoms with E-state index in [0.29, 0.717) is 6.61 Å². The van der Waals surface area contributed by atoms with Crippen LogP contribution in [0.2, 0.25) is 0 Å². The highest BCUT2D eigenvalue weighted by Crippen LogP contribution is 2.01. The minimum absolute atomic E-state index is 0.121. The molecule has 1 aromatic heterocycles. The second kappa shape index (κ2) is 5.09. The van der Waals surface area contributed by atoms with Crippen molar-refractivity contribution in [1.82, 2.24) is 9.13 Å². The van der Waals surface area contributed by atoms with E-state index in [1.807, 2.05) is 6.92 Å². The third-order valence-corrected chi connectivity index (χ3v) is 2.09. The Morgan fingerprint density at radius 2 is 2.27 bits per heavy atom. The molecule has 0 aliphatic heterocycles. The SMILES string of the molecule is C=C(Br)n1c(=O)ccn(COCC)c1=O. The lowest BCUT2D eigenvalue weighted by atomic mass is 10.6. The van der Waals surface area contributed by atoms with Crippen molar-refractivity contribution in [3.05, 3.63) is 39.7 Å². The molecule has 0 saturated heterocycles. The van der Waals surface area contributed by atoms with Gasteiger partial charge in [-0.1, -0.05) is 6.58 Å². The summed E-state index contributed by atoms with van der Waals surface area (Å²) in [6.07, 6.45) is 1.40. The van der Waals surface area contributed by atoms with E-state index in [9.17, 15) is 9.59 Å². The minimum Gasteiger partial charge on any atom is -0.361 e. The number of rotatable bonds is 4. The molecule has 0 saturated carbocycles. The van der Waals surface area contributed by atoms with Gasteiger partial charge in [-0.3, -0.25) is 9.36 Å². The smallest absolute Gasteiger partial charge is 0.337 e. The highest BCUT2D eigenvalue weighted by atomic mass is 79.9. The lowest BCUT2D eigenvalue weighted by Crippen LogP contribution is -2.37. The zero-order valence-corrected chi connectivity index (χ0v) is 9.86. The molecule has 1 rings (SSSR count). The van der Waals surface area contributed by atoms with Gasteiger partial charge in [0, 0.05) is 18.9 Å². The maximum Gasteiger partial charge on any atom is 0.337 e. The Bertz CT molecular complexity index is 475. The summed E-state index contributed by atoms with van der Waals surface area (Å²) >= 11 is 3.00. The molecule has 82 valence electrons. The molecule has 15 heavy (non-hydrogen) atoms. The third-order valence-electron chi connectivity index (χ3n) is 1.73. The molecular formula is C9H11BrN2O3. The molecule has 1 aromatic rings. The van der Waals surface area contributed by atoms with Gasteiger partial charge in [0.1, 0.15) is 6.73 Å². The Morgan fingerprint density at radius 3 is 2.80 bits per heavy atom. The number of hydrogen-bond donors (Lipinski definition) is 0. The maximum atomic E-state index is 11.7. The maximum absolute atomic E-state index is 11.7. The van der Waals surface area contributed by atoms with E-state index in [1.165, 1.54) is 16.8 Å². The first-order valence-electron chi connectivity index (χ1n) is 4.33. The Morgan fingerprint density at radius 1 is 1.60 bits per heavy atom. The van der Waals surface area contributed by atoms with E-state index in [0.717, 1.165) is 4.57 Å². The van der Waals surface area contributed by atoms with Crippen molar-refractivity contribution >= 4 is 20.5 Å². The van der Waals surface area contributed by atoms with Crippen molar-refractivity contribution in [3.63, 3.8) is 0 Å². The van der Waals surface area contributed by atoms with Gasteiger partial charge in [0.15, 0.2) is 0 Å². The van der Waals surface area contributed by atoms with Gasteiger partial charge in [0.2, 0.25) is 0 Å². The van der Waals surface area contributed by atoms with E-state index in [1.54, 1.807) is 0 Å². The molecule has 0 fully saturated rings. The molecule has 0 atom stereocenters. The summed E-state index contributed by atoms with van der Waals surface area (Å²) in [5.41, 5.74) is -0.896. The zero-order chi connectivity index (χ0) is 11.4. The van der Waals surface area contributed by atoms with Crippen molar-refractivity contribution in [2.45, 2.75) is 13.7 Å². The highest BCUT2D eigenvalue weighted by molar-refractivity contribution is 9.14. The van der Waals surface area contributed by atoms with Crippen molar-refractivity contribution in [1.29, 1.82) is 0 Å². The van der Waals surface area contributed by atoms with Crippen LogP contribution in [0.25, 0.3) is 4.61 Å². The largest absolute Gasteiger partial charge is 0.361 e. The van der Waals surface area contributed by atoms with Crippen LogP contribution in [-0.4, -0.2) is 15.7 Å². The van der Waals surface area contributed by atoms with Gasteiger partial charge in [-0.05, 0) is 22.9 Å². The predicted molar refractivity (Wildman–Crippen MR) is 60.8 cm³/mol. The molecule has 0 bridgehead atoms. The Kier molecular flexibility index (Phi) is 4.05. The molecule has 0 N–H and O–H groups in total. The molecule has 0 aromatic carbocycles. The number of hydrogen-bond acceptors (Lipinski definition) is 3. The second-order valence-electron chi connectivity index (χ2n) is 2.74. The van der Waals surface area contributed by atoms with Crippen LogP contribution in [0.3, 0.4) is 0 Å². The molecular weight excluding hydrogens is 264 g/mol. The molecule has 0 amide bonds.